The Kier molecular flexibility index (Phi) is 3.67. The average Bonchev–Trinajstić information content (AvgIpc) is 2.91. The maximum absolute atomic E-state index is 12.3. The molecule has 0 spiro atoms. The zero-order valence-electron chi connectivity index (χ0n) is 13.8. The Morgan fingerprint density at radius 2 is 1.91 bits per heavy atom. The zero-order valence-corrected chi connectivity index (χ0v) is 13.8. The fraction of sp³-hybridized carbons (Fsp3) is 0.353. The number of hydrogen-bond acceptors (Lipinski definition) is 4. The Bertz CT molecular complexity index is 873. The highest BCUT2D eigenvalue weighted by Gasteiger charge is 2.21. The fourth-order valence-electron chi connectivity index (χ4n) is 2.17. The van der Waals surface area contributed by atoms with Gasteiger partial charge in [0.05, 0.1) is 11.9 Å². The summed E-state index contributed by atoms with van der Waals surface area (Å²) in [6.45, 7) is 8.47. The molecule has 0 aliphatic carbocycles. The summed E-state index contributed by atoms with van der Waals surface area (Å²) in [7, 11) is 0. The van der Waals surface area contributed by atoms with E-state index in [0.29, 0.717) is 17.0 Å². The molecule has 120 valence electrons. The molecule has 2 heterocycles. The van der Waals surface area contributed by atoms with Gasteiger partial charge in [-0.2, -0.15) is 10.1 Å². The summed E-state index contributed by atoms with van der Waals surface area (Å²) in [6, 6.07) is 9.80. The lowest BCUT2D eigenvalue weighted by Crippen LogP contribution is -2.32. The second-order valence-electron chi connectivity index (χ2n) is 6.78. The van der Waals surface area contributed by atoms with Crippen LogP contribution >= 0.6 is 0 Å². The van der Waals surface area contributed by atoms with Gasteiger partial charge in [0.1, 0.15) is 5.39 Å². The number of hydrogen-bond donors (Lipinski definition) is 2. The number of nitrogens with zero attached hydrogens (tertiary/aromatic N) is 3. The van der Waals surface area contributed by atoms with E-state index in [2.05, 4.69) is 48.1 Å². The zero-order chi connectivity index (χ0) is 16.6. The van der Waals surface area contributed by atoms with Gasteiger partial charge in [-0.05, 0) is 24.5 Å². The van der Waals surface area contributed by atoms with Crippen molar-refractivity contribution < 1.29 is 0 Å². The molecule has 3 aromatic rings. The van der Waals surface area contributed by atoms with E-state index in [4.69, 9.17) is 0 Å². The molecule has 2 N–H and O–H groups in total. The second-order valence-corrected chi connectivity index (χ2v) is 6.78. The number of rotatable bonds is 3. The topological polar surface area (TPSA) is 75.6 Å². The third kappa shape index (κ3) is 2.97. The Labute approximate surface area is 134 Å². The highest BCUT2D eigenvalue weighted by Crippen LogP contribution is 2.22. The van der Waals surface area contributed by atoms with Crippen molar-refractivity contribution in [2.75, 3.05) is 5.32 Å². The molecule has 1 atom stereocenters. The summed E-state index contributed by atoms with van der Waals surface area (Å²) in [5.74, 6) is 0.461. The third-order valence-corrected chi connectivity index (χ3v) is 4.09. The van der Waals surface area contributed by atoms with Gasteiger partial charge < -0.3 is 5.32 Å². The van der Waals surface area contributed by atoms with Gasteiger partial charge in [0.2, 0.25) is 5.95 Å². The van der Waals surface area contributed by atoms with Gasteiger partial charge in [-0.15, -0.1) is 0 Å². The second kappa shape index (κ2) is 5.53. The maximum atomic E-state index is 12.3. The molecule has 1 unspecified atom stereocenters. The molecular formula is C17H21N5O. The van der Waals surface area contributed by atoms with Crippen molar-refractivity contribution in [2.24, 2.45) is 5.41 Å². The third-order valence-electron chi connectivity index (χ3n) is 4.09. The van der Waals surface area contributed by atoms with Crippen LogP contribution in [-0.2, 0) is 0 Å². The van der Waals surface area contributed by atoms with Crippen molar-refractivity contribution in [1.82, 2.24) is 19.7 Å². The first kappa shape index (κ1) is 15.3. The normalized spacial score (nSPS) is 13.2. The Morgan fingerprint density at radius 1 is 1.22 bits per heavy atom. The minimum absolute atomic E-state index is 0.0488. The summed E-state index contributed by atoms with van der Waals surface area (Å²) in [4.78, 5) is 19.6. The highest BCUT2D eigenvalue weighted by molar-refractivity contribution is 5.76. The highest BCUT2D eigenvalue weighted by atomic mass is 16.1. The number of aromatic amines is 1. The van der Waals surface area contributed by atoms with Crippen molar-refractivity contribution in [3.8, 4) is 5.69 Å². The lowest BCUT2D eigenvalue weighted by Gasteiger charge is -2.28. The largest absolute Gasteiger partial charge is 0.353 e. The average molecular weight is 311 g/mol. The smallest absolute Gasteiger partial charge is 0.263 e. The van der Waals surface area contributed by atoms with Crippen LogP contribution < -0.4 is 10.9 Å². The molecule has 0 fully saturated rings. The molecule has 1 aromatic carbocycles. The molecule has 6 nitrogen and oxygen atoms in total. The predicted octanol–water partition coefficient (Wildman–Crippen LogP) is 2.96. The van der Waals surface area contributed by atoms with E-state index in [0.717, 1.165) is 5.69 Å². The molecule has 0 aliphatic rings. The first-order chi connectivity index (χ1) is 10.9. The van der Waals surface area contributed by atoms with Crippen molar-refractivity contribution in [3.05, 3.63) is 46.9 Å². The Hall–Kier alpha value is -2.63. The minimum atomic E-state index is -0.194. The lowest BCUT2D eigenvalue weighted by molar-refractivity contribution is 0.358. The predicted molar refractivity (Wildman–Crippen MR) is 92.0 cm³/mol. The summed E-state index contributed by atoms with van der Waals surface area (Å²) >= 11 is 0. The van der Waals surface area contributed by atoms with Gasteiger partial charge in [-0.25, -0.2) is 4.68 Å². The van der Waals surface area contributed by atoms with Crippen LogP contribution in [0.1, 0.15) is 27.7 Å². The van der Waals surface area contributed by atoms with E-state index in [1.807, 2.05) is 30.3 Å². The fourth-order valence-corrected chi connectivity index (χ4v) is 2.17. The number of aromatic nitrogens is 4. The van der Waals surface area contributed by atoms with Crippen molar-refractivity contribution in [1.29, 1.82) is 0 Å². The molecule has 0 radical (unpaired) electrons. The SMILES string of the molecule is CC(Nc1nc2c(cnn2-c2ccccc2)c(=O)[nH]1)C(C)(C)C. The van der Waals surface area contributed by atoms with Gasteiger partial charge in [-0.3, -0.25) is 9.78 Å². The van der Waals surface area contributed by atoms with Gasteiger partial charge in [0.25, 0.3) is 5.56 Å². The first-order valence-electron chi connectivity index (χ1n) is 7.66. The van der Waals surface area contributed by atoms with E-state index in [1.54, 1.807) is 10.9 Å². The van der Waals surface area contributed by atoms with Crippen molar-refractivity contribution >= 4 is 17.0 Å². The molecule has 3 rings (SSSR count). The van der Waals surface area contributed by atoms with Crippen LogP contribution in [0.25, 0.3) is 16.7 Å². The Morgan fingerprint density at radius 3 is 2.57 bits per heavy atom. The molecule has 6 heteroatoms. The molecule has 0 saturated heterocycles. The Balaban J connectivity index is 2.08. The van der Waals surface area contributed by atoms with Crippen LogP contribution in [0.5, 0.6) is 0 Å². The number of H-pyrrole nitrogens is 1. The quantitative estimate of drug-likeness (QED) is 0.780. The van der Waals surface area contributed by atoms with Crippen LogP contribution in [0.3, 0.4) is 0 Å². The molecule has 0 amide bonds. The minimum Gasteiger partial charge on any atom is -0.353 e. The van der Waals surface area contributed by atoms with E-state index >= 15 is 0 Å². The van der Waals surface area contributed by atoms with Crippen LogP contribution in [0, 0.1) is 5.41 Å². The van der Waals surface area contributed by atoms with E-state index < -0.39 is 0 Å². The van der Waals surface area contributed by atoms with Crippen molar-refractivity contribution in [2.45, 2.75) is 33.7 Å². The monoisotopic (exact) mass is 311 g/mol. The number of benzene rings is 1. The van der Waals surface area contributed by atoms with Crippen LogP contribution in [-0.4, -0.2) is 25.8 Å². The van der Waals surface area contributed by atoms with E-state index in [9.17, 15) is 4.79 Å². The molecule has 23 heavy (non-hydrogen) atoms. The molecule has 0 aliphatic heterocycles. The number of para-hydroxylation sites is 1. The molecule has 0 saturated carbocycles. The molecule has 0 bridgehead atoms. The summed E-state index contributed by atoms with van der Waals surface area (Å²) < 4.78 is 1.68. The number of anilines is 1. The summed E-state index contributed by atoms with van der Waals surface area (Å²) in [5, 5.41) is 8.05. The van der Waals surface area contributed by atoms with E-state index in [1.165, 1.54) is 0 Å². The summed E-state index contributed by atoms with van der Waals surface area (Å²) in [5.41, 5.74) is 1.27. The summed E-state index contributed by atoms with van der Waals surface area (Å²) in [6.07, 6.45) is 1.55. The van der Waals surface area contributed by atoms with Crippen molar-refractivity contribution in [3.63, 3.8) is 0 Å². The molecular weight excluding hydrogens is 290 g/mol. The number of fused-ring (bicyclic) bond motifs is 1. The van der Waals surface area contributed by atoms with Gasteiger partial charge in [0, 0.05) is 6.04 Å². The maximum Gasteiger partial charge on any atom is 0.263 e. The van der Waals surface area contributed by atoms with Gasteiger partial charge in [-0.1, -0.05) is 39.0 Å². The molecule has 2 aromatic heterocycles. The van der Waals surface area contributed by atoms with E-state index in [-0.39, 0.29) is 17.0 Å². The number of nitrogens with one attached hydrogen (secondary N) is 2. The van der Waals surface area contributed by atoms with Crippen LogP contribution in [0.4, 0.5) is 5.95 Å². The van der Waals surface area contributed by atoms with Crippen LogP contribution in [0.2, 0.25) is 0 Å². The van der Waals surface area contributed by atoms with Crippen LogP contribution in [0.15, 0.2) is 41.3 Å². The van der Waals surface area contributed by atoms with Gasteiger partial charge >= 0.3 is 0 Å². The first-order valence-corrected chi connectivity index (χ1v) is 7.66. The lowest BCUT2D eigenvalue weighted by atomic mass is 9.88. The standard InChI is InChI=1S/C17H21N5O/c1-11(17(2,3)4)19-16-20-14-13(15(23)21-16)10-18-22(14)12-8-6-5-7-9-12/h5-11H,1-4H3,(H2,19,20,21,23). The van der Waals surface area contributed by atoms with Gasteiger partial charge in [0.15, 0.2) is 5.65 Å².